The van der Waals surface area contributed by atoms with E-state index in [-0.39, 0.29) is 6.04 Å². The van der Waals surface area contributed by atoms with Gasteiger partial charge in [0.1, 0.15) is 12.1 Å². The maximum atomic E-state index is 5.79. The Morgan fingerprint density at radius 3 is 2.88 bits per heavy atom. The first kappa shape index (κ1) is 12.3. The number of nitrogens with two attached hydrogens (primary N) is 1. The van der Waals surface area contributed by atoms with Gasteiger partial charge in [-0.3, -0.25) is 0 Å². The topological polar surface area (TPSA) is 63.8 Å². The highest BCUT2D eigenvalue weighted by Gasteiger charge is 2.11. The number of hydrogen-bond acceptors (Lipinski definition) is 5. The Hall–Kier alpha value is -1.20. The third-order valence-corrected chi connectivity index (χ3v) is 3.73. The van der Waals surface area contributed by atoms with E-state index >= 15 is 0 Å². The van der Waals surface area contributed by atoms with Crippen LogP contribution in [0.1, 0.15) is 25.8 Å². The lowest BCUT2D eigenvalue weighted by Gasteiger charge is -2.16. The van der Waals surface area contributed by atoms with Crippen LogP contribution in [0.5, 0.6) is 0 Å². The Bertz CT molecular complexity index is 506. The van der Waals surface area contributed by atoms with Gasteiger partial charge in [-0.05, 0) is 38.1 Å². The molecule has 0 saturated heterocycles. The van der Waals surface area contributed by atoms with Crippen molar-refractivity contribution in [2.75, 3.05) is 5.32 Å². The monoisotopic (exact) mass is 250 g/mol. The maximum absolute atomic E-state index is 5.79. The summed E-state index contributed by atoms with van der Waals surface area (Å²) in [7, 11) is 0. The Labute approximate surface area is 105 Å². The first-order valence-electron chi connectivity index (χ1n) is 5.79. The molecule has 17 heavy (non-hydrogen) atoms. The molecule has 2 atom stereocenters. The fourth-order valence-electron chi connectivity index (χ4n) is 1.92. The molecule has 4 nitrogen and oxygen atoms in total. The number of aryl methyl sites for hydroxylation is 1. The molecule has 2 aromatic rings. The molecule has 0 aliphatic carbocycles. The predicted molar refractivity (Wildman–Crippen MR) is 73.5 cm³/mol. The van der Waals surface area contributed by atoms with Crippen LogP contribution in [0.4, 0.5) is 5.82 Å². The molecule has 0 aromatic carbocycles. The second-order valence-electron chi connectivity index (χ2n) is 4.58. The average molecular weight is 250 g/mol. The highest BCUT2D eigenvalue weighted by atomic mass is 32.1. The minimum atomic E-state index is 0.194. The summed E-state index contributed by atoms with van der Waals surface area (Å²) in [6.45, 7) is 6.21. The first-order chi connectivity index (χ1) is 8.08. The van der Waals surface area contributed by atoms with Crippen LogP contribution >= 0.6 is 11.3 Å². The number of thiophene rings is 1. The highest BCUT2D eigenvalue weighted by molar-refractivity contribution is 7.18. The second-order valence-corrected chi connectivity index (χ2v) is 5.46. The van der Waals surface area contributed by atoms with Crippen molar-refractivity contribution in [2.45, 2.75) is 39.3 Å². The number of fused-ring (bicyclic) bond motifs is 1. The number of anilines is 1. The third kappa shape index (κ3) is 2.73. The van der Waals surface area contributed by atoms with Crippen LogP contribution < -0.4 is 11.1 Å². The summed E-state index contributed by atoms with van der Waals surface area (Å²) in [5.74, 6) is 0.918. The highest BCUT2D eigenvalue weighted by Crippen LogP contribution is 2.28. The van der Waals surface area contributed by atoms with E-state index in [1.54, 1.807) is 17.7 Å². The molecule has 2 heterocycles. The summed E-state index contributed by atoms with van der Waals surface area (Å²) < 4.78 is 1.13. The summed E-state index contributed by atoms with van der Waals surface area (Å²) in [6, 6.07) is 0.510. The zero-order valence-electron chi connectivity index (χ0n) is 10.4. The second kappa shape index (κ2) is 4.98. The van der Waals surface area contributed by atoms with Crippen LogP contribution in [-0.2, 0) is 0 Å². The quantitative estimate of drug-likeness (QED) is 0.875. The molecule has 0 spiro atoms. The first-order valence-corrected chi connectivity index (χ1v) is 6.66. The Morgan fingerprint density at radius 2 is 2.18 bits per heavy atom. The van der Waals surface area contributed by atoms with Gasteiger partial charge in [0.05, 0.1) is 10.2 Å². The number of hydrogen-bond donors (Lipinski definition) is 2. The van der Waals surface area contributed by atoms with Crippen LogP contribution in [-0.4, -0.2) is 22.1 Å². The van der Waals surface area contributed by atoms with Gasteiger partial charge in [0.25, 0.3) is 0 Å². The Kier molecular flexibility index (Phi) is 3.59. The van der Waals surface area contributed by atoms with E-state index in [1.807, 2.05) is 6.92 Å². The van der Waals surface area contributed by atoms with E-state index in [0.717, 1.165) is 22.5 Å². The molecule has 0 bridgehead atoms. The molecular formula is C12H18N4S. The summed E-state index contributed by atoms with van der Waals surface area (Å²) in [4.78, 5) is 8.62. The molecule has 0 fully saturated rings. The van der Waals surface area contributed by atoms with E-state index < -0.39 is 0 Å². The van der Waals surface area contributed by atoms with Gasteiger partial charge in [0.2, 0.25) is 0 Å². The van der Waals surface area contributed by atoms with Gasteiger partial charge in [-0.25, -0.2) is 9.97 Å². The van der Waals surface area contributed by atoms with Crippen molar-refractivity contribution in [1.29, 1.82) is 0 Å². The van der Waals surface area contributed by atoms with E-state index in [0.29, 0.717) is 6.04 Å². The molecule has 3 N–H and O–H groups in total. The van der Waals surface area contributed by atoms with Crippen molar-refractivity contribution in [1.82, 2.24) is 9.97 Å². The van der Waals surface area contributed by atoms with Crippen LogP contribution in [0.2, 0.25) is 0 Å². The molecule has 0 radical (unpaired) electrons. The van der Waals surface area contributed by atoms with Crippen LogP contribution in [0.3, 0.4) is 0 Å². The lowest BCUT2D eigenvalue weighted by Crippen LogP contribution is -2.26. The zero-order chi connectivity index (χ0) is 12.4. The number of nitrogens with zero attached hydrogens (tertiary/aromatic N) is 2. The fourth-order valence-corrected chi connectivity index (χ4v) is 2.88. The number of nitrogens with one attached hydrogen (secondary N) is 1. The van der Waals surface area contributed by atoms with Gasteiger partial charge in [-0.2, -0.15) is 0 Å². The smallest absolute Gasteiger partial charge is 0.147 e. The standard InChI is InChI=1S/C12H18N4S/c1-7-5-17-11-10(7)14-6-15-12(11)16-9(3)4-8(2)13/h5-6,8-9H,4,13H2,1-3H3,(H,14,15,16). The van der Waals surface area contributed by atoms with E-state index in [1.165, 1.54) is 5.56 Å². The normalized spacial score (nSPS) is 14.8. The van der Waals surface area contributed by atoms with E-state index in [2.05, 4.69) is 34.5 Å². The minimum absolute atomic E-state index is 0.194. The third-order valence-electron chi connectivity index (χ3n) is 2.64. The van der Waals surface area contributed by atoms with E-state index in [4.69, 9.17) is 5.73 Å². The van der Waals surface area contributed by atoms with Crippen molar-refractivity contribution in [3.63, 3.8) is 0 Å². The molecule has 0 aliphatic heterocycles. The molecule has 0 amide bonds. The molecular weight excluding hydrogens is 232 g/mol. The van der Waals surface area contributed by atoms with E-state index in [9.17, 15) is 0 Å². The van der Waals surface area contributed by atoms with Gasteiger partial charge in [-0.1, -0.05) is 0 Å². The molecule has 2 aromatic heterocycles. The van der Waals surface area contributed by atoms with Crippen LogP contribution in [0, 0.1) is 6.92 Å². The SMILES string of the molecule is Cc1csc2c(NC(C)CC(C)N)ncnc12. The van der Waals surface area contributed by atoms with Gasteiger partial charge in [0, 0.05) is 12.1 Å². The Balaban J connectivity index is 2.24. The maximum Gasteiger partial charge on any atom is 0.147 e. The van der Waals surface area contributed by atoms with Crippen molar-refractivity contribution >= 4 is 27.4 Å². The molecule has 5 heteroatoms. The molecule has 92 valence electrons. The van der Waals surface area contributed by atoms with Crippen LogP contribution in [0.25, 0.3) is 10.2 Å². The largest absolute Gasteiger partial charge is 0.366 e. The van der Waals surface area contributed by atoms with Crippen molar-refractivity contribution in [3.8, 4) is 0 Å². The number of rotatable bonds is 4. The Morgan fingerprint density at radius 1 is 1.41 bits per heavy atom. The molecule has 2 rings (SSSR count). The average Bonchev–Trinajstić information content (AvgIpc) is 2.61. The number of aromatic nitrogens is 2. The van der Waals surface area contributed by atoms with Gasteiger partial charge < -0.3 is 11.1 Å². The van der Waals surface area contributed by atoms with Gasteiger partial charge in [0.15, 0.2) is 0 Å². The van der Waals surface area contributed by atoms with Crippen molar-refractivity contribution in [3.05, 3.63) is 17.3 Å². The lowest BCUT2D eigenvalue weighted by molar-refractivity contribution is 0.604. The summed E-state index contributed by atoms with van der Waals surface area (Å²) in [5, 5.41) is 5.52. The molecule has 0 saturated carbocycles. The molecule has 2 unspecified atom stereocenters. The summed E-state index contributed by atoms with van der Waals surface area (Å²) in [5.41, 5.74) is 8.04. The van der Waals surface area contributed by atoms with Gasteiger partial charge >= 0.3 is 0 Å². The van der Waals surface area contributed by atoms with Crippen molar-refractivity contribution in [2.24, 2.45) is 5.73 Å². The predicted octanol–water partition coefficient (Wildman–Crippen LogP) is 2.54. The summed E-state index contributed by atoms with van der Waals surface area (Å²) in [6.07, 6.45) is 2.54. The van der Waals surface area contributed by atoms with Crippen LogP contribution in [0.15, 0.2) is 11.7 Å². The summed E-state index contributed by atoms with van der Waals surface area (Å²) >= 11 is 1.68. The molecule has 0 aliphatic rings. The zero-order valence-corrected chi connectivity index (χ0v) is 11.2. The minimum Gasteiger partial charge on any atom is -0.366 e. The lowest BCUT2D eigenvalue weighted by atomic mass is 10.1. The fraction of sp³-hybridized carbons (Fsp3) is 0.500. The van der Waals surface area contributed by atoms with Crippen molar-refractivity contribution < 1.29 is 0 Å². The van der Waals surface area contributed by atoms with Gasteiger partial charge in [-0.15, -0.1) is 11.3 Å².